The van der Waals surface area contributed by atoms with Crippen molar-refractivity contribution in [2.75, 3.05) is 17.2 Å². The Morgan fingerprint density at radius 2 is 2.10 bits per heavy atom. The first-order valence-corrected chi connectivity index (χ1v) is 6.73. The lowest BCUT2D eigenvalue weighted by atomic mass is 10.0. The van der Waals surface area contributed by atoms with E-state index in [2.05, 4.69) is 15.6 Å². The highest BCUT2D eigenvalue weighted by Gasteiger charge is 2.12. The average molecular weight is 285 g/mol. The summed E-state index contributed by atoms with van der Waals surface area (Å²) in [6.07, 6.45) is 2.13. The van der Waals surface area contributed by atoms with Gasteiger partial charge in [-0.25, -0.2) is 0 Å². The van der Waals surface area contributed by atoms with Crippen molar-refractivity contribution in [3.05, 3.63) is 51.8 Å². The Morgan fingerprint density at radius 3 is 2.90 bits per heavy atom. The summed E-state index contributed by atoms with van der Waals surface area (Å²) in [5, 5.41) is 15.3. The summed E-state index contributed by atoms with van der Waals surface area (Å²) in [6.45, 7) is 0.923. The molecule has 0 aliphatic carbocycles. The van der Waals surface area contributed by atoms with Crippen LogP contribution in [0.25, 0.3) is 0 Å². The standard InChI is InChI=1S/C15H15N3O3/c19-13-6-10(7-14(20)18-13)15(21)17-11-4-3-9-2-1-5-16-12(9)8-11/h3-4,6-8,16H,1-2,5H2,(H,17,21)(H2,18,19,20). The van der Waals surface area contributed by atoms with Crippen LogP contribution in [0.5, 0.6) is 5.88 Å². The first kappa shape index (κ1) is 13.2. The third kappa shape index (κ3) is 2.89. The van der Waals surface area contributed by atoms with Crippen molar-refractivity contribution in [2.24, 2.45) is 0 Å². The second kappa shape index (κ2) is 5.32. The highest BCUT2D eigenvalue weighted by molar-refractivity contribution is 6.04. The fourth-order valence-electron chi connectivity index (χ4n) is 2.40. The number of pyridine rings is 1. The Balaban J connectivity index is 1.82. The lowest BCUT2D eigenvalue weighted by molar-refractivity contribution is 0.102. The summed E-state index contributed by atoms with van der Waals surface area (Å²) < 4.78 is 0. The molecule has 1 aromatic carbocycles. The molecule has 2 heterocycles. The molecule has 0 unspecified atom stereocenters. The number of carbonyl (C=O) groups is 1. The van der Waals surface area contributed by atoms with Gasteiger partial charge in [-0.2, -0.15) is 0 Å². The van der Waals surface area contributed by atoms with Gasteiger partial charge in [-0.15, -0.1) is 0 Å². The number of aryl methyl sites for hydroxylation is 1. The summed E-state index contributed by atoms with van der Waals surface area (Å²) in [6, 6.07) is 8.04. The molecule has 4 N–H and O–H groups in total. The zero-order chi connectivity index (χ0) is 14.8. The zero-order valence-corrected chi connectivity index (χ0v) is 11.3. The molecule has 0 spiro atoms. The van der Waals surface area contributed by atoms with Gasteiger partial charge >= 0.3 is 0 Å². The van der Waals surface area contributed by atoms with E-state index >= 15 is 0 Å². The number of H-pyrrole nitrogens is 1. The predicted molar refractivity (Wildman–Crippen MR) is 79.9 cm³/mol. The van der Waals surface area contributed by atoms with Crippen LogP contribution in [-0.2, 0) is 6.42 Å². The fourth-order valence-corrected chi connectivity index (χ4v) is 2.40. The van der Waals surface area contributed by atoms with Crippen LogP contribution in [-0.4, -0.2) is 22.5 Å². The predicted octanol–water partition coefficient (Wildman–Crippen LogP) is 1.69. The van der Waals surface area contributed by atoms with E-state index in [0.717, 1.165) is 31.1 Å². The number of nitrogens with one attached hydrogen (secondary N) is 3. The van der Waals surface area contributed by atoms with Gasteiger partial charge in [0, 0.05) is 30.1 Å². The molecule has 2 aromatic rings. The largest absolute Gasteiger partial charge is 0.494 e. The molecule has 0 saturated heterocycles. The van der Waals surface area contributed by atoms with Gasteiger partial charge in [0.25, 0.3) is 11.5 Å². The van der Waals surface area contributed by atoms with Gasteiger partial charge in [0.15, 0.2) is 5.88 Å². The van der Waals surface area contributed by atoms with Crippen LogP contribution in [0.2, 0.25) is 0 Å². The first-order chi connectivity index (χ1) is 10.1. The van der Waals surface area contributed by atoms with E-state index in [0.29, 0.717) is 5.69 Å². The molecular formula is C15H15N3O3. The Kier molecular flexibility index (Phi) is 3.35. The number of fused-ring (bicyclic) bond motifs is 1. The van der Waals surface area contributed by atoms with Crippen LogP contribution < -0.4 is 16.2 Å². The van der Waals surface area contributed by atoms with Gasteiger partial charge in [0.2, 0.25) is 0 Å². The third-order valence-electron chi connectivity index (χ3n) is 3.40. The molecule has 108 valence electrons. The monoisotopic (exact) mass is 285 g/mol. The third-order valence-corrected chi connectivity index (χ3v) is 3.40. The Labute approximate surface area is 120 Å². The summed E-state index contributed by atoms with van der Waals surface area (Å²) in [5.41, 5.74) is 2.49. The summed E-state index contributed by atoms with van der Waals surface area (Å²) in [5.74, 6) is -0.771. The van der Waals surface area contributed by atoms with Crippen molar-refractivity contribution in [2.45, 2.75) is 12.8 Å². The number of aromatic amines is 1. The first-order valence-electron chi connectivity index (χ1n) is 6.73. The maximum absolute atomic E-state index is 12.1. The molecule has 21 heavy (non-hydrogen) atoms. The normalized spacial score (nSPS) is 13.1. The van der Waals surface area contributed by atoms with Crippen LogP contribution in [0, 0.1) is 0 Å². The van der Waals surface area contributed by atoms with Crippen molar-refractivity contribution in [1.29, 1.82) is 0 Å². The van der Waals surface area contributed by atoms with E-state index in [1.165, 1.54) is 11.6 Å². The minimum absolute atomic E-state index is 0.113. The quantitative estimate of drug-likeness (QED) is 0.675. The molecule has 0 saturated carbocycles. The van der Waals surface area contributed by atoms with E-state index in [1.807, 2.05) is 18.2 Å². The van der Waals surface area contributed by atoms with Gasteiger partial charge in [-0.3, -0.25) is 14.6 Å². The number of amides is 1. The van der Waals surface area contributed by atoms with Crippen LogP contribution in [0.3, 0.4) is 0 Å². The van der Waals surface area contributed by atoms with E-state index in [1.54, 1.807) is 0 Å². The second-order valence-electron chi connectivity index (χ2n) is 4.97. The molecule has 3 rings (SSSR count). The van der Waals surface area contributed by atoms with Crippen LogP contribution in [0.1, 0.15) is 22.3 Å². The lowest BCUT2D eigenvalue weighted by Gasteiger charge is -2.18. The molecule has 6 nitrogen and oxygen atoms in total. The SMILES string of the molecule is O=C(Nc1ccc2c(c1)NCCC2)c1cc(O)[nH]c(=O)c1. The second-order valence-corrected chi connectivity index (χ2v) is 4.97. The number of carbonyl (C=O) groups excluding carboxylic acids is 1. The van der Waals surface area contributed by atoms with Crippen LogP contribution in [0.15, 0.2) is 35.1 Å². The minimum atomic E-state index is -0.521. The molecule has 0 radical (unpaired) electrons. The smallest absolute Gasteiger partial charge is 0.256 e. The molecule has 0 bridgehead atoms. The maximum atomic E-state index is 12.1. The number of benzene rings is 1. The van der Waals surface area contributed by atoms with Gasteiger partial charge in [-0.1, -0.05) is 6.07 Å². The molecule has 6 heteroatoms. The fraction of sp³-hybridized carbons (Fsp3) is 0.200. The van der Waals surface area contributed by atoms with Gasteiger partial charge in [0.1, 0.15) is 0 Å². The number of aromatic nitrogens is 1. The molecule has 1 amide bonds. The highest BCUT2D eigenvalue weighted by Crippen LogP contribution is 2.25. The van der Waals surface area contributed by atoms with Gasteiger partial charge in [0.05, 0.1) is 5.56 Å². The number of aromatic hydroxyl groups is 1. The molecule has 1 aliphatic heterocycles. The number of anilines is 2. The van der Waals surface area contributed by atoms with Gasteiger partial charge < -0.3 is 15.7 Å². The Morgan fingerprint density at radius 1 is 1.24 bits per heavy atom. The van der Waals surface area contributed by atoms with E-state index < -0.39 is 11.5 Å². The van der Waals surface area contributed by atoms with E-state index in [-0.39, 0.29) is 11.4 Å². The van der Waals surface area contributed by atoms with Crippen molar-refractivity contribution < 1.29 is 9.90 Å². The van der Waals surface area contributed by atoms with E-state index in [9.17, 15) is 14.7 Å². The van der Waals surface area contributed by atoms with Crippen molar-refractivity contribution in [3.8, 4) is 5.88 Å². The van der Waals surface area contributed by atoms with E-state index in [4.69, 9.17) is 0 Å². The molecule has 0 atom stereocenters. The molecule has 1 aromatic heterocycles. The highest BCUT2D eigenvalue weighted by atomic mass is 16.3. The zero-order valence-electron chi connectivity index (χ0n) is 11.3. The average Bonchev–Trinajstić information content (AvgIpc) is 2.46. The lowest BCUT2D eigenvalue weighted by Crippen LogP contribution is -2.17. The van der Waals surface area contributed by atoms with Gasteiger partial charge in [-0.05, 0) is 30.5 Å². The topological polar surface area (TPSA) is 94.2 Å². The number of hydrogen-bond acceptors (Lipinski definition) is 4. The number of rotatable bonds is 2. The van der Waals surface area contributed by atoms with Crippen molar-refractivity contribution in [1.82, 2.24) is 4.98 Å². The number of hydrogen-bond donors (Lipinski definition) is 4. The summed E-state index contributed by atoms with van der Waals surface area (Å²) in [7, 11) is 0. The van der Waals surface area contributed by atoms with Crippen LogP contribution >= 0.6 is 0 Å². The molecular weight excluding hydrogens is 270 g/mol. The maximum Gasteiger partial charge on any atom is 0.256 e. The molecule has 0 fully saturated rings. The summed E-state index contributed by atoms with van der Waals surface area (Å²) >= 11 is 0. The Hall–Kier alpha value is -2.76. The molecule has 1 aliphatic rings. The van der Waals surface area contributed by atoms with Crippen molar-refractivity contribution in [3.63, 3.8) is 0 Å². The summed E-state index contributed by atoms with van der Waals surface area (Å²) in [4.78, 5) is 25.5. The van der Waals surface area contributed by atoms with Crippen LogP contribution in [0.4, 0.5) is 11.4 Å². The van der Waals surface area contributed by atoms with Crippen molar-refractivity contribution >= 4 is 17.3 Å². The Bertz CT molecular complexity index is 752. The minimum Gasteiger partial charge on any atom is -0.494 e.